The van der Waals surface area contributed by atoms with Gasteiger partial charge in [0.25, 0.3) is 0 Å². The summed E-state index contributed by atoms with van der Waals surface area (Å²) in [5, 5.41) is 5.23. The van der Waals surface area contributed by atoms with Crippen LogP contribution in [0.15, 0.2) is 0 Å². The quantitative estimate of drug-likeness (QED) is 0.783. The third kappa shape index (κ3) is 4.07. The molecule has 0 aliphatic heterocycles. The minimum Gasteiger partial charge on any atom is -0.309 e. The lowest BCUT2D eigenvalue weighted by molar-refractivity contribution is 0.442. The number of hydrogen-bond acceptors (Lipinski definition) is 3. The zero-order valence-corrected chi connectivity index (χ0v) is 14.3. The summed E-state index contributed by atoms with van der Waals surface area (Å²) in [5.74, 6) is 0.764. The van der Waals surface area contributed by atoms with Crippen LogP contribution in [0.4, 0.5) is 0 Å². The van der Waals surface area contributed by atoms with Crippen LogP contribution in [0, 0.1) is 0 Å². The fourth-order valence-electron chi connectivity index (χ4n) is 3.86. The van der Waals surface area contributed by atoms with Gasteiger partial charge in [-0.3, -0.25) is 0 Å². The van der Waals surface area contributed by atoms with Crippen molar-refractivity contribution in [1.82, 2.24) is 10.3 Å². The SMILES string of the molecule is CCCc1nc(C2CCCCC2)sc1CNC1CCCC1. The molecule has 2 fully saturated rings. The number of thiazole rings is 1. The van der Waals surface area contributed by atoms with Crippen LogP contribution >= 0.6 is 11.3 Å². The fraction of sp³-hybridized carbons (Fsp3) is 0.833. The van der Waals surface area contributed by atoms with E-state index in [0.29, 0.717) is 0 Å². The van der Waals surface area contributed by atoms with Crippen molar-refractivity contribution in [3.8, 4) is 0 Å². The smallest absolute Gasteiger partial charge is 0.0962 e. The normalized spacial score (nSPS) is 21.2. The van der Waals surface area contributed by atoms with Crippen molar-refractivity contribution in [2.45, 2.75) is 96.1 Å². The third-order valence-corrected chi connectivity index (χ3v) is 6.40. The van der Waals surface area contributed by atoms with E-state index in [-0.39, 0.29) is 0 Å². The van der Waals surface area contributed by atoms with Crippen molar-refractivity contribution in [3.63, 3.8) is 0 Å². The number of nitrogens with one attached hydrogen (secondary N) is 1. The van der Waals surface area contributed by atoms with Gasteiger partial charge in [0.15, 0.2) is 0 Å². The molecule has 0 aromatic carbocycles. The minimum absolute atomic E-state index is 0.764. The standard InChI is InChI=1S/C18H30N2S/c1-2-8-16-17(13-19-15-11-6-7-12-15)21-18(20-16)14-9-4-3-5-10-14/h14-15,19H,2-13H2,1H3. The van der Waals surface area contributed by atoms with Gasteiger partial charge >= 0.3 is 0 Å². The highest BCUT2D eigenvalue weighted by Crippen LogP contribution is 2.36. The molecular weight excluding hydrogens is 276 g/mol. The average molecular weight is 307 g/mol. The lowest BCUT2D eigenvalue weighted by Crippen LogP contribution is -2.25. The summed E-state index contributed by atoms with van der Waals surface area (Å²) < 4.78 is 0. The molecule has 2 aliphatic carbocycles. The molecule has 0 atom stereocenters. The van der Waals surface area contributed by atoms with Gasteiger partial charge in [-0.2, -0.15) is 0 Å². The number of nitrogens with zero attached hydrogens (tertiary/aromatic N) is 1. The van der Waals surface area contributed by atoms with Crippen LogP contribution in [-0.2, 0) is 13.0 Å². The first-order valence-electron chi connectivity index (χ1n) is 9.08. The van der Waals surface area contributed by atoms with Crippen molar-refractivity contribution in [2.24, 2.45) is 0 Å². The van der Waals surface area contributed by atoms with Crippen LogP contribution in [0.5, 0.6) is 0 Å². The molecular formula is C18H30N2S. The molecule has 118 valence electrons. The zero-order chi connectivity index (χ0) is 14.5. The molecule has 0 saturated heterocycles. The molecule has 1 aromatic rings. The Morgan fingerprint density at radius 3 is 2.48 bits per heavy atom. The average Bonchev–Trinajstić information content (AvgIpc) is 3.16. The molecule has 3 rings (SSSR count). The van der Waals surface area contributed by atoms with Gasteiger partial charge in [0.1, 0.15) is 0 Å². The molecule has 3 heteroatoms. The van der Waals surface area contributed by atoms with E-state index in [4.69, 9.17) is 4.98 Å². The molecule has 0 radical (unpaired) electrons. The van der Waals surface area contributed by atoms with Gasteiger partial charge in [0, 0.05) is 23.4 Å². The van der Waals surface area contributed by atoms with E-state index >= 15 is 0 Å². The van der Waals surface area contributed by atoms with E-state index in [0.717, 1.165) is 24.9 Å². The highest BCUT2D eigenvalue weighted by molar-refractivity contribution is 7.11. The molecule has 2 aliphatic rings. The van der Waals surface area contributed by atoms with Crippen LogP contribution in [-0.4, -0.2) is 11.0 Å². The molecule has 0 unspecified atom stereocenters. The maximum atomic E-state index is 5.05. The van der Waals surface area contributed by atoms with Crippen molar-refractivity contribution in [2.75, 3.05) is 0 Å². The summed E-state index contributed by atoms with van der Waals surface area (Å²) in [6.45, 7) is 3.33. The van der Waals surface area contributed by atoms with Gasteiger partial charge in [0.2, 0.25) is 0 Å². The van der Waals surface area contributed by atoms with Crippen molar-refractivity contribution < 1.29 is 0 Å². The Balaban J connectivity index is 1.66. The van der Waals surface area contributed by atoms with Crippen LogP contribution in [0.1, 0.15) is 92.6 Å². The minimum atomic E-state index is 0.764. The summed E-state index contributed by atoms with van der Waals surface area (Å²) in [7, 11) is 0. The number of hydrogen-bond donors (Lipinski definition) is 1. The highest BCUT2D eigenvalue weighted by atomic mass is 32.1. The van der Waals surface area contributed by atoms with E-state index in [9.17, 15) is 0 Å². The first-order valence-corrected chi connectivity index (χ1v) is 9.90. The molecule has 2 saturated carbocycles. The number of aromatic nitrogens is 1. The largest absolute Gasteiger partial charge is 0.309 e. The van der Waals surface area contributed by atoms with Crippen molar-refractivity contribution in [3.05, 3.63) is 15.6 Å². The highest BCUT2D eigenvalue weighted by Gasteiger charge is 2.22. The summed E-state index contributed by atoms with van der Waals surface area (Å²) >= 11 is 2.02. The molecule has 0 amide bonds. The summed E-state index contributed by atoms with van der Waals surface area (Å²) in [4.78, 5) is 6.58. The van der Waals surface area contributed by atoms with Gasteiger partial charge < -0.3 is 5.32 Å². The molecule has 0 bridgehead atoms. The Bertz CT molecular complexity index is 428. The van der Waals surface area contributed by atoms with Gasteiger partial charge in [-0.1, -0.05) is 45.4 Å². The van der Waals surface area contributed by atoms with E-state index < -0.39 is 0 Å². The lowest BCUT2D eigenvalue weighted by atomic mass is 9.90. The Morgan fingerprint density at radius 1 is 1.05 bits per heavy atom. The maximum absolute atomic E-state index is 5.05. The van der Waals surface area contributed by atoms with Crippen LogP contribution in [0.25, 0.3) is 0 Å². The van der Waals surface area contributed by atoms with E-state index in [1.165, 1.54) is 79.8 Å². The topological polar surface area (TPSA) is 24.9 Å². The lowest BCUT2D eigenvalue weighted by Gasteiger charge is -2.18. The van der Waals surface area contributed by atoms with Gasteiger partial charge in [-0.25, -0.2) is 4.98 Å². The van der Waals surface area contributed by atoms with Crippen molar-refractivity contribution >= 4 is 11.3 Å². The van der Waals surface area contributed by atoms with Crippen LogP contribution in [0.2, 0.25) is 0 Å². The second-order valence-corrected chi connectivity index (χ2v) is 7.98. The fourth-order valence-corrected chi connectivity index (χ4v) is 5.10. The first kappa shape index (κ1) is 15.5. The number of aryl methyl sites for hydroxylation is 1. The predicted octanol–water partition coefficient (Wildman–Crippen LogP) is 5.18. The molecule has 21 heavy (non-hydrogen) atoms. The second kappa shape index (κ2) is 7.73. The maximum Gasteiger partial charge on any atom is 0.0962 e. The summed E-state index contributed by atoms with van der Waals surface area (Å²) in [6.07, 6.45) is 14.9. The van der Waals surface area contributed by atoms with Gasteiger partial charge in [0.05, 0.1) is 10.7 Å². The predicted molar refractivity (Wildman–Crippen MR) is 91.0 cm³/mol. The Kier molecular flexibility index (Phi) is 5.70. The second-order valence-electron chi connectivity index (χ2n) is 6.87. The van der Waals surface area contributed by atoms with Gasteiger partial charge in [-0.05, 0) is 32.1 Å². The molecule has 1 aromatic heterocycles. The van der Waals surface area contributed by atoms with Crippen molar-refractivity contribution in [1.29, 1.82) is 0 Å². The van der Waals surface area contributed by atoms with E-state index in [1.54, 1.807) is 0 Å². The summed E-state index contributed by atoms with van der Waals surface area (Å²) in [5.41, 5.74) is 1.40. The molecule has 1 N–H and O–H groups in total. The zero-order valence-electron chi connectivity index (χ0n) is 13.5. The number of rotatable bonds is 6. The van der Waals surface area contributed by atoms with E-state index in [2.05, 4.69) is 12.2 Å². The van der Waals surface area contributed by atoms with E-state index in [1.807, 2.05) is 11.3 Å². The Morgan fingerprint density at radius 2 is 1.76 bits per heavy atom. The molecule has 0 spiro atoms. The molecule has 1 heterocycles. The van der Waals surface area contributed by atoms with Crippen LogP contribution in [0.3, 0.4) is 0 Å². The monoisotopic (exact) mass is 306 g/mol. The van der Waals surface area contributed by atoms with Crippen LogP contribution < -0.4 is 5.32 Å². The Labute approximate surface area is 133 Å². The summed E-state index contributed by atoms with van der Waals surface area (Å²) in [6, 6.07) is 0.764. The molecule has 2 nitrogen and oxygen atoms in total. The third-order valence-electron chi connectivity index (χ3n) is 5.14. The first-order chi connectivity index (χ1) is 10.4. The van der Waals surface area contributed by atoms with Gasteiger partial charge in [-0.15, -0.1) is 11.3 Å². The Hall–Kier alpha value is -0.410.